The molecule has 1 aliphatic rings. The van der Waals surface area contributed by atoms with Crippen molar-refractivity contribution in [2.75, 3.05) is 5.88 Å². The second kappa shape index (κ2) is 3.33. The zero-order valence-electron chi connectivity index (χ0n) is 8.13. The maximum Gasteiger partial charge on any atom is 0.0656 e. The highest BCUT2D eigenvalue weighted by molar-refractivity contribution is 6.18. The van der Waals surface area contributed by atoms with Gasteiger partial charge in [0.25, 0.3) is 0 Å². The average molecular weight is 199 g/mol. The Kier molecular flexibility index (Phi) is 2.33. The van der Waals surface area contributed by atoms with Crippen LogP contribution in [0.15, 0.2) is 6.20 Å². The van der Waals surface area contributed by atoms with Gasteiger partial charge < -0.3 is 0 Å². The Bertz CT molecular complexity index is 306. The molecule has 0 amide bonds. The molecular weight excluding hydrogens is 184 g/mol. The van der Waals surface area contributed by atoms with E-state index in [2.05, 4.69) is 18.2 Å². The number of hydrogen-bond donors (Lipinski definition) is 0. The van der Waals surface area contributed by atoms with Gasteiger partial charge >= 0.3 is 0 Å². The van der Waals surface area contributed by atoms with Crippen LogP contribution in [0.1, 0.15) is 30.5 Å². The van der Waals surface area contributed by atoms with Gasteiger partial charge in [-0.2, -0.15) is 5.10 Å². The van der Waals surface area contributed by atoms with Gasteiger partial charge in [-0.1, -0.05) is 6.92 Å². The van der Waals surface area contributed by atoms with Crippen LogP contribution in [-0.2, 0) is 13.5 Å². The molecule has 0 aromatic carbocycles. The molecule has 72 valence electrons. The summed E-state index contributed by atoms with van der Waals surface area (Å²) in [7, 11) is 1.99. The Labute approximate surface area is 83.9 Å². The molecule has 0 bridgehead atoms. The van der Waals surface area contributed by atoms with Crippen molar-refractivity contribution in [1.82, 2.24) is 9.78 Å². The molecule has 0 aliphatic heterocycles. The summed E-state index contributed by atoms with van der Waals surface area (Å²) in [6, 6.07) is 0. The predicted octanol–water partition coefficient (Wildman–Crippen LogP) is 2.32. The number of hydrogen-bond acceptors (Lipinski definition) is 1. The van der Waals surface area contributed by atoms with Gasteiger partial charge in [0.05, 0.1) is 5.69 Å². The standard InChI is InChI=1S/C10H15ClN2/c1-3-10-9(6-13(2)12-10)8-4-7(8)5-11/h6-8H,3-5H2,1-2H3. The highest BCUT2D eigenvalue weighted by atomic mass is 35.5. The number of halogens is 1. The summed E-state index contributed by atoms with van der Waals surface area (Å²) in [5.74, 6) is 2.19. The maximum atomic E-state index is 5.82. The third-order valence-corrected chi connectivity index (χ3v) is 3.19. The summed E-state index contributed by atoms with van der Waals surface area (Å²) in [5.41, 5.74) is 2.68. The molecule has 2 atom stereocenters. The van der Waals surface area contributed by atoms with Crippen molar-refractivity contribution in [3.63, 3.8) is 0 Å². The van der Waals surface area contributed by atoms with E-state index in [0.29, 0.717) is 11.8 Å². The van der Waals surface area contributed by atoms with Gasteiger partial charge in [-0.25, -0.2) is 0 Å². The van der Waals surface area contributed by atoms with Crippen LogP contribution in [0.5, 0.6) is 0 Å². The third-order valence-electron chi connectivity index (χ3n) is 2.79. The number of nitrogens with zero attached hydrogens (tertiary/aromatic N) is 2. The van der Waals surface area contributed by atoms with Crippen LogP contribution < -0.4 is 0 Å². The molecule has 1 aromatic rings. The zero-order chi connectivity index (χ0) is 9.42. The Morgan fingerprint density at radius 1 is 1.69 bits per heavy atom. The van der Waals surface area contributed by atoms with Gasteiger partial charge in [-0.3, -0.25) is 4.68 Å². The number of aromatic nitrogens is 2. The second-order valence-corrected chi connectivity index (χ2v) is 4.12. The van der Waals surface area contributed by atoms with E-state index in [1.165, 1.54) is 17.7 Å². The van der Waals surface area contributed by atoms with E-state index in [1.807, 2.05) is 11.7 Å². The molecule has 0 radical (unpaired) electrons. The summed E-state index contributed by atoms with van der Waals surface area (Å²) in [6.45, 7) is 2.16. The van der Waals surface area contributed by atoms with Crippen LogP contribution in [0, 0.1) is 5.92 Å². The van der Waals surface area contributed by atoms with E-state index in [0.717, 1.165) is 12.3 Å². The van der Waals surface area contributed by atoms with E-state index < -0.39 is 0 Å². The molecule has 1 aliphatic carbocycles. The minimum absolute atomic E-state index is 0.696. The molecule has 2 unspecified atom stereocenters. The van der Waals surface area contributed by atoms with Crippen LogP contribution in [0.3, 0.4) is 0 Å². The van der Waals surface area contributed by atoms with Gasteiger partial charge in [-0.15, -0.1) is 11.6 Å². The first-order valence-corrected chi connectivity index (χ1v) is 5.38. The van der Waals surface area contributed by atoms with Crippen LogP contribution >= 0.6 is 11.6 Å². The van der Waals surface area contributed by atoms with E-state index >= 15 is 0 Å². The number of aryl methyl sites for hydroxylation is 2. The maximum absolute atomic E-state index is 5.82. The van der Waals surface area contributed by atoms with Crippen LogP contribution in [0.2, 0.25) is 0 Å². The molecule has 0 saturated heterocycles. The molecule has 1 aromatic heterocycles. The van der Waals surface area contributed by atoms with Crippen LogP contribution in [0.25, 0.3) is 0 Å². The molecule has 1 saturated carbocycles. The van der Waals surface area contributed by atoms with Crippen molar-refractivity contribution in [2.24, 2.45) is 13.0 Å². The van der Waals surface area contributed by atoms with Crippen molar-refractivity contribution < 1.29 is 0 Å². The second-order valence-electron chi connectivity index (χ2n) is 3.81. The van der Waals surface area contributed by atoms with Gasteiger partial charge in [0.1, 0.15) is 0 Å². The highest BCUT2D eigenvalue weighted by Crippen LogP contribution is 2.48. The largest absolute Gasteiger partial charge is 0.275 e. The summed E-state index contributed by atoms with van der Waals surface area (Å²) in [5, 5.41) is 4.43. The lowest BCUT2D eigenvalue weighted by Crippen LogP contribution is -1.90. The number of alkyl halides is 1. The molecule has 0 N–H and O–H groups in total. The summed E-state index contributed by atoms with van der Waals surface area (Å²) in [4.78, 5) is 0. The van der Waals surface area contributed by atoms with Crippen molar-refractivity contribution in [3.05, 3.63) is 17.5 Å². The van der Waals surface area contributed by atoms with Crippen LogP contribution in [0.4, 0.5) is 0 Å². The summed E-state index contributed by atoms with van der Waals surface area (Å²) < 4.78 is 1.91. The van der Waals surface area contributed by atoms with Gasteiger partial charge in [0.2, 0.25) is 0 Å². The molecule has 0 spiro atoms. The quantitative estimate of drug-likeness (QED) is 0.682. The Hall–Kier alpha value is -0.500. The van der Waals surface area contributed by atoms with Gasteiger partial charge in [0.15, 0.2) is 0 Å². The topological polar surface area (TPSA) is 17.8 Å². The van der Waals surface area contributed by atoms with Crippen LogP contribution in [-0.4, -0.2) is 15.7 Å². The molecule has 3 heteroatoms. The first-order valence-electron chi connectivity index (χ1n) is 4.84. The molecule has 1 heterocycles. The highest BCUT2D eigenvalue weighted by Gasteiger charge is 2.39. The Morgan fingerprint density at radius 2 is 2.46 bits per heavy atom. The summed E-state index contributed by atoms with van der Waals surface area (Å²) in [6.07, 6.45) is 4.43. The Morgan fingerprint density at radius 3 is 3.00 bits per heavy atom. The minimum Gasteiger partial charge on any atom is -0.275 e. The van der Waals surface area contributed by atoms with Gasteiger partial charge in [0, 0.05) is 19.1 Å². The van der Waals surface area contributed by atoms with Crippen molar-refractivity contribution in [2.45, 2.75) is 25.7 Å². The van der Waals surface area contributed by atoms with Crippen molar-refractivity contribution in [3.8, 4) is 0 Å². The lowest BCUT2D eigenvalue weighted by molar-refractivity contribution is 0.746. The van der Waals surface area contributed by atoms with E-state index in [9.17, 15) is 0 Å². The molecular formula is C10H15ClN2. The SMILES string of the molecule is CCc1nn(C)cc1C1CC1CCl. The average Bonchev–Trinajstić information content (AvgIpc) is 2.82. The van der Waals surface area contributed by atoms with Crippen molar-refractivity contribution >= 4 is 11.6 Å². The van der Waals surface area contributed by atoms with Gasteiger partial charge in [-0.05, 0) is 30.2 Å². The molecule has 2 nitrogen and oxygen atoms in total. The van der Waals surface area contributed by atoms with E-state index in [1.54, 1.807) is 0 Å². The monoisotopic (exact) mass is 198 g/mol. The molecule has 1 fully saturated rings. The molecule has 2 rings (SSSR count). The Balaban J connectivity index is 2.20. The zero-order valence-corrected chi connectivity index (χ0v) is 8.88. The number of rotatable bonds is 3. The first-order chi connectivity index (χ1) is 6.26. The van der Waals surface area contributed by atoms with Crippen molar-refractivity contribution in [1.29, 1.82) is 0 Å². The molecule has 13 heavy (non-hydrogen) atoms. The van der Waals surface area contributed by atoms with E-state index in [4.69, 9.17) is 11.6 Å². The fourth-order valence-electron chi connectivity index (χ4n) is 1.94. The smallest absolute Gasteiger partial charge is 0.0656 e. The predicted molar refractivity (Wildman–Crippen MR) is 54.2 cm³/mol. The van der Waals surface area contributed by atoms with E-state index in [-0.39, 0.29) is 0 Å². The fourth-order valence-corrected chi connectivity index (χ4v) is 2.28. The third kappa shape index (κ3) is 1.60. The summed E-state index contributed by atoms with van der Waals surface area (Å²) >= 11 is 5.82. The fraction of sp³-hybridized carbons (Fsp3) is 0.700. The minimum atomic E-state index is 0.696. The normalized spacial score (nSPS) is 26.4. The lowest BCUT2D eigenvalue weighted by Gasteiger charge is -1.95. The first kappa shape index (κ1) is 9.07. The lowest BCUT2D eigenvalue weighted by atomic mass is 10.1.